The highest BCUT2D eigenvalue weighted by Gasteiger charge is 2.30. The van der Waals surface area contributed by atoms with Gasteiger partial charge in [0.25, 0.3) is 0 Å². The van der Waals surface area contributed by atoms with E-state index < -0.39 is 0 Å². The molecule has 0 spiro atoms. The lowest BCUT2D eigenvalue weighted by atomic mass is 10.1. The van der Waals surface area contributed by atoms with Gasteiger partial charge in [-0.05, 0) is 42.5 Å². The molecular weight excluding hydrogens is 324 g/mol. The van der Waals surface area contributed by atoms with E-state index in [-0.39, 0.29) is 10.9 Å². The highest BCUT2D eigenvalue weighted by Crippen LogP contribution is 2.38. The molecule has 0 heterocycles. The summed E-state index contributed by atoms with van der Waals surface area (Å²) < 4.78 is 5.58. The monoisotopic (exact) mass is 343 g/mol. The van der Waals surface area contributed by atoms with Crippen LogP contribution in [0.3, 0.4) is 0 Å². The SMILES string of the molecule is COc1ccc([S+](c2ccccc2)c2ccccc2)c2ccccc12. The molecule has 0 atom stereocenters. The molecule has 0 saturated carbocycles. The Balaban J connectivity index is 1.99. The summed E-state index contributed by atoms with van der Waals surface area (Å²) in [6, 6.07) is 34.3. The van der Waals surface area contributed by atoms with Crippen LogP contribution in [-0.2, 0) is 10.9 Å². The zero-order valence-electron chi connectivity index (χ0n) is 14.1. The molecule has 122 valence electrons. The van der Waals surface area contributed by atoms with Gasteiger partial charge in [0.15, 0.2) is 14.7 Å². The molecule has 4 rings (SSSR count). The Hall–Kier alpha value is -2.71. The summed E-state index contributed by atoms with van der Waals surface area (Å²) >= 11 is 0. The first-order valence-electron chi connectivity index (χ1n) is 8.28. The van der Waals surface area contributed by atoms with Crippen LogP contribution in [0.1, 0.15) is 0 Å². The van der Waals surface area contributed by atoms with Gasteiger partial charge in [-0.1, -0.05) is 54.6 Å². The number of fused-ring (bicyclic) bond motifs is 1. The quantitative estimate of drug-likeness (QED) is 0.416. The van der Waals surface area contributed by atoms with Crippen LogP contribution in [0, 0.1) is 0 Å². The average molecular weight is 343 g/mol. The fourth-order valence-corrected chi connectivity index (χ4v) is 5.34. The second-order valence-corrected chi connectivity index (χ2v) is 7.74. The molecule has 0 saturated heterocycles. The minimum Gasteiger partial charge on any atom is -0.496 e. The Morgan fingerprint density at radius 3 is 1.64 bits per heavy atom. The van der Waals surface area contributed by atoms with Gasteiger partial charge < -0.3 is 4.74 Å². The zero-order valence-corrected chi connectivity index (χ0v) is 14.9. The van der Waals surface area contributed by atoms with E-state index in [9.17, 15) is 0 Å². The van der Waals surface area contributed by atoms with Crippen LogP contribution in [0.5, 0.6) is 5.75 Å². The van der Waals surface area contributed by atoms with E-state index in [1.165, 1.54) is 20.1 Å². The van der Waals surface area contributed by atoms with E-state index in [0.717, 1.165) is 11.1 Å². The van der Waals surface area contributed by atoms with Gasteiger partial charge in [-0.15, -0.1) is 0 Å². The lowest BCUT2D eigenvalue weighted by Gasteiger charge is -2.12. The van der Waals surface area contributed by atoms with Crippen LogP contribution in [-0.4, -0.2) is 7.11 Å². The number of benzene rings is 4. The summed E-state index contributed by atoms with van der Waals surface area (Å²) in [6.07, 6.45) is 0. The van der Waals surface area contributed by atoms with Crippen molar-refractivity contribution in [3.05, 3.63) is 97.1 Å². The van der Waals surface area contributed by atoms with Crippen LogP contribution < -0.4 is 4.74 Å². The maximum Gasteiger partial charge on any atom is 0.174 e. The van der Waals surface area contributed by atoms with Crippen molar-refractivity contribution in [3.8, 4) is 5.75 Å². The van der Waals surface area contributed by atoms with E-state index in [1.807, 2.05) is 0 Å². The Labute approximate surface area is 151 Å². The molecule has 2 heteroatoms. The van der Waals surface area contributed by atoms with Crippen molar-refractivity contribution in [2.75, 3.05) is 7.11 Å². The molecular formula is C23H19OS+. The van der Waals surface area contributed by atoms with Crippen molar-refractivity contribution >= 4 is 21.7 Å². The van der Waals surface area contributed by atoms with Crippen LogP contribution in [0.25, 0.3) is 10.8 Å². The van der Waals surface area contributed by atoms with Gasteiger partial charge >= 0.3 is 0 Å². The standard InChI is InChI=1S/C23H19OS/c1-24-22-16-17-23(21-15-9-8-14-20(21)22)25(18-10-4-2-5-11-18)19-12-6-3-7-13-19/h2-17H,1H3/q+1. The van der Waals surface area contributed by atoms with E-state index in [0.29, 0.717) is 0 Å². The van der Waals surface area contributed by atoms with Crippen LogP contribution in [0.2, 0.25) is 0 Å². The molecule has 0 unspecified atom stereocenters. The second-order valence-electron chi connectivity index (χ2n) is 5.74. The van der Waals surface area contributed by atoms with Crippen molar-refractivity contribution in [1.29, 1.82) is 0 Å². The van der Waals surface area contributed by atoms with E-state index in [4.69, 9.17) is 4.74 Å². The number of hydrogen-bond acceptors (Lipinski definition) is 1. The first-order chi connectivity index (χ1) is 12.4. The lowest BCUT2D eigenvalue weighted by molar-refractivity contribution is 0.419. The third-order valence-corrected chi connectivity index (χ3v) is 6.52. The summed E-state index contributed by atoms with van der Waals surface area (Å²) in [5.41, 5.74) is 0. The van der Waals surface area contributed by atoms with E-state index in [1.54, 1.807) is 7.11 Å². The Morgan fingerprint density at radius 1 is 0.560 bits per heavy atom. The summed E-state index contributed by atoms with van der Waals surface area (Å²) in [5, 5.41) is 2.41. The van der Waals surface area contributed by atoms with E-state index in [2.05, 4.69) is 97.1 Å². The third kappa shape index (κ3) is 3.01. The fraction of sp³-hybridized carbons (Fsp3) is 0.0435. The van der Waals surface area contributed by atoms with E-state index >= 15 is 0 Å². The predicted octanol–water partition coefficient (Wildman–Crippen LogP) is 5.94. The summed E-state index contributed by atoms with van der Waals surface area (Å²) in [5.74, 6) is 0.920. The van der Waals surface area contributed by atoms with Crippen molar-refractivity contribution in [2.45, 2.75) is 14.7 Å². The van der Waals surface area contributed by atoms with Crippen molar-refractivity contribution in [3.63, 3.8) is 0 Å². The van der Waals surface area contributed by atoms with Crippen molar-refractivity contribution in [2.24, 2.45) is 0 Å². The van der Waals surface area contributed by atoms with Gasteiger partial charge in [-0.25, -0.2) is 0 Å². The fourth-order valence-electron chi connectivity index (χ4n) is 3.10. The lowest BCUT2D eigenvalue weighted by Crippen LogP contribution is -2.05. The van der Waals surface area contributed by atoms with Crippen LogP contribution >= 0.6 is 0 Å². The van der Waals surface area contributed by atoms with Gasteiger partial charge in [0.1, 0.15) is 5.75 Å². The smallest absolute Gasteiger partial charge is 0.174 e. The minimum atomic E-state index is -0.155. The molecule has 0 aliphatic heterocycles. The van der Waals surface area contributed by atoms with Crippen molar-refractivity contribution in [1.82, 2.24) is 0 Å². The normalized spacial score (nSPS) is 11.0. The molecule has 0 aliphatic carbocycles. The summed E-state index contributed by atoms with van der Waals surface area (Å²) in [7, 11) is 1.58. The van der Waals surface area contributed by atoms with Gasteiger partial charge in [-0.3, -0.25) is 0 Å². The molecule has 4 aromatic rings. The van der Waals surface area contributed by atoms with Crippen LogP contribution in [0.4, 0.5) is 0 Å². The van der Waals surface area contributed by atoms with Crippen LogP contribution in [0.15, 0.2) is 112 Å². The first kappa shape index (κ1) is 15.8. The zero-order chi connectivity index (χ0) is 17.1. The number of rotatable bonds is 4. The van der Waals surface area contributed by atoms with Gasteiger partial charge in [0.05, 0.1) is 18.0 Å². The summed E-state index contributed by atoms with van der Waals surface area (Å²) in [4.78, 5) is 3.97. The summed E-state index contributed by atoms with van der Waals surface area (Å²) in [6.45, 7) is 0. The second kappa shape index (κ2) is 7.04. The molecule has 1 nitrogen and oxygen atoms in total. The molecule has 0 aromatic heterocycles. The molecule has 0 N–H and O–H groups in total. The number of hydrogen-bond donors (Lipinski definition) is 0. The van der Waals surface area contributed by atoms with Gasteiger partial charge in [0.2, 0.25) is 0 Å². The molecule has 0 aliphatic rings. The first-order valence-corrected chi connectivity index (χ1v) is 9.51. The Morgan fingerprint density at radius 2 is 1.08 bits per heavy atom. The van der Waals surface area contributed by atoms with Gasteiger partial charge in [0, 0.05) is 10.8 Å². The molecule has 4 aromatic carbocycles. The van der Waals surface area contributed by atoms with Gasteiger partial charge in [-0.2, -0.15) is 0 Å². The Bertz CT molecular complexity index is 941. The third-order valence-electron chi connectivity index (χ3n) is 4.24. The molecule has 0 radical (unpaired) electrons. The highest BCUT2D eigenvalue weighted by molar-refractivity contribution is 7.97. The highest BCUT2D eigenvalue weighted by atomic mass is 32.2. The Kier molecular flexibility index (Phi) is 4.45. The topological polar surface area (TPSA) is 9.23 Å². The predicted molar refractivity (Wildman–Crippen MR) is 106 cm³/mol. The average Bonchev–Trinajstić information content (AvgIpc) is 2.70. The number of methoxy groups -OCH3 is 1. The minimum absolute atomic E-state index is 0.155. The number of ether oxygens (including phenoxy) is 1. The molecule has 25 heavy (non-hydrogen) atoms. The maximum absolute atomic E-state index is 5.58. The van der Waals surface area contributed by atoms with Crippen molar-refractivity contribution < 1.29 is 4.74 Å². The molecule has 0 amide bonds. The molecule has 0 bridgehead atoms. The largest absolute Gasteiger partial charge is 0.496 e. The molecule has 0 fully saturated rings. The maximum atomic E-state index is 5.58.